The molecule has 0 saturated heterocycles. The van der Waals surface area contributed by atoms with E-state index < -0.39 is 0 Å². The normalized spacial score (nSPS) is 24.3. The van der Waals surface area contributed by atoms with Crippen molar-refractivity contribution in [1.82, 2.24) is 0 Å². The molecule has 1 amide bonds. The molecule has 4 heteroatoms. The van der Waals surface area contributed by atoms with Gasteiger partial charge in [0.2, 0.25) is 5.91 Å². The number of benzene rings is 1. The minimum absolute atomic E-state index is 0.237. The van der Waals surface area contributed by atoms with Gasteiger partial charge < -0.3 is 15.4 Å². The number of amides is 1. The molecule has 2 N–H and O–H groups in total. The Morgan fingerprint density at radius 2 is 2.24 bits per heavy atom. The summed E-state index contributed by atoms with van der Waals surface area (Å²) in [5.74, 6) is 0.724. The molecule has 0 atom stereocenters. The van der Waals surface area contributed by atoms with Gasteiger partial charge in [0.25, 0.3) is 0 Å². The smallest absolute Gasteiger partial charge is 0.227 e. The van der Waals surface area contributed by atoms with E-state index in [2.05, 4.69) is 6.07 Å². The van der Waals surface area contributed by atoms with Crippen LogP contribution in [0.2, 0.25) is 0 Å². The predicted octanol–water partition coefficient (Wildman–Crippen LogP) is 2.75. The number of nitrogen functional groups attached to an aromatic ring is 1. The van der Waals surface area contributed by atoms with E-state index in [1.165, 1.54) is 5.56 Å². The molecule has 1 fully saturated rings. The van der Waals surface area contributed by atoms with E-state index in [1.54, 1.807) is 0 Å². The molecular formula is C17H24N2O2. The standard InChI is InChI=1S/C17H24N2O2/c1-2-21-15-8-12(9-15)10-17(20)19-7-3-4-13-5-6-14(18)11-16(13)19/h5-6,11-12,15H,2-4,7-10,18H2,1H3. The Hall–Kier alpha value is -1.55. The molecule has 0 radical (unpaired) electrons. The average Bonchev–Trinajstić information content (AvgIpc) is 2.44. The maximum atomic E-state index is 12.6. The van der Waals surface area contributed by atoms with Crippen LogP contribution in [0.4, 0.5) is 11.4 Å². The minimum Gasteiger partial charge on any atom is -0.399 e. The molecule has 1 aliphatic carbocycles. The van der Waals surface area contributed by atoms with Gasteiger partial charge in [-0.05, 0) is 56.2 Å². The number of nitrogens with two attached hydrogens (primary N) is 1. The van der Waals surface area contributed by atoms with E-state index in [9.17, 15) is 4.79 Å². The maximum absolute atomic E-state index is 12.6. The molecule has 21 heavy (non-hydrogen) atoms. The number of rotatable bonds is 4. The number of ether oxygens (including phenoxy) is 1. The molecule has 1 aromatic carbocycles. The van der Waals surface area contributed by atoms with Crippen molar-refractivity contribution < 1.29 is 9.53 Å². The zero-order valence-corrected chi connectivity index (χ0v) is 12.7. The Bertz CT molecular complexity index is 524. The summed E-state index contributed by atoms with van der Waals surface area (Å²) in [6.45, 7) is 3.61. The van der Waals surface area contributed by atoms with Gasteiger partial charge in [0.1, 0.15) is 0 Å². The number of carbonyl (C=O) groups is 1. The number of hydrogen-bond acceptors (Lipinski definition) is 3. The highest BCUT2D eigenvalue weighted by Gasteiger charge is 2.33. The van der Waals surface area contributed by atoms with E-state index >= 15 is 0 Å². The van der Waals surface area contributed by atoms with Crippen LogP contribution in [0.3, 0.4) is 0 Å². The van der Waals surface area contributed by atoms with Crippen molar-refractivity contribution in [2.24, 2.45) is 5.92 Å². The van der Waals surface area contributed by atoms with Gasteiger partial charge in [-0.1, -0.05) is 6.07 Å². The van der Waals surface area contributed by atoms with Crippen molar-refractivity contribution in [2.45, 2.75) is 45.1 Å². The zero-order chi connectivity index (χ0) is 14.8. The molecule has 0 aromatic heterocycles. The lowest BCUT2D eigenvalue weighted by atomic mass is 9.79. The first-order chi connectivity index (χ1) is 10.2. The molecule has 3 rings (SSSR count). The second-order valence-corrected chi connectivity index (χ2v) is 6.16. The fourth-order valence-corrected chi connectivity index (χ4v) is 3.42. The van der Waals surface area contributed by atoms with Crippen molar-refractivity contribution in [2.75, 3.05) is 23.8 Å². The third kappa shape index (κ3) is 3.05. The highest BCUT2D eigenvalue weighted by Crippen LogP contribution is 2.35. The number of carbonyl (C=O) groups excluding carboxylic acids is 1. The number of nitrogens with zero attached hydrogens (tertiary/aromatic N) is 1. The molecule has 1 saturated carbocycles. The van der Waals surface area contributed by atoms with Crippen LogP contribution in [0.15, 0.2) is 18.2 Å². The average molecular weight is 288 g/mol. The van der Waals surface area contributed by atoms with Crippen LogP contribution in [-0.4, -0.2) is 25.2 Å². The lowest BCUT2D eigenvalue weighted by Gasteiger charge is -2.37. The van der Waals surface area contributed by atoms with Gasteiger partial charge in [-0.2, -0.15) is 0 Å². The molecule has 0 spiro atoms. The molecule has 2 aliphatic rings. The van der Waals surface area contributed by atoms with Gasteiger partial charge in [0.05, 0.1) is 6.10 Å². The Labute approximate surface area is 126 Å². The number of hydrogen-bond donors (Lipinski definition) is 1. The number of aryl methyl sites for hydroxylation is 1. The first-order valence-electron chi connectivity index (χ1n) is 7.97. The van der Waals surface area contributed by atoms with E-state index in [1.807, 2.05) is 24.0 Å². The first kappa shape index (κ1) is 14.4. The minimum atomic E-state index is 0.237. The highest BCUT2D eigenvalue weighted by atomic mass is 16.5. The Morgan fingerprint density at radius 3 is 3.00 bits per heavy atom. The third-order valence-corrected chi connectivity index (χ3v) is 4.59. The second-order valence-electron chi connectivity index (χ2n) is 6.16. The summed E-state index contributed by atoms with van der Waals surface area (Å²) < 4.78 is 5.57. The summed E-state index contributed by atoms with van der Waals surface area (Å²) in [5.41, 5.74) is 8.87. The van der Waals surface area contributed by atoms with Gasteiger partial charge in [-0.15, -0.1) is 0 Å². The van der Waals surface area contributed by atoms with Crippen molar-refractivity contribution in [3.8, 4) is 0 Å². The van der Waals surface area contributed by atoms with E-state index in [-0.39, 0.29) is 5.91 Å². The first-order valence-corrected chi connectivity index (χ1v) is 7.97. The molecule has 0 unspecified atom stereocenters. The molecule has 4 nitrogen and oxygen atoms in total. The Morgan fingerprint density at radius 1 is 1.43 bits per heavy atom. The van der Waals surface area contributed by atoms with Crippen molar-refractivity contribution in [3.63, 3.8) is 0 Å². The van der Waals surface area contributed by atoms with E-state index in [0.717, 1.165) is 50.2 Å². The van der Waals surface area contributed by atoms with Crippen LogP contribution >= 0.6 is 0 Å². The lowest BCUT2D eigenvalue weighted by Crippen LogP contribution is -2.40. The van der Waals surface area contributed by atoms with Gasteiger partial charge in [0.15, 0.2) is 0 Å². The topological polar surface area (TPSA) is 55.6 Å². The molecule has 0 bridgehead atoms. The fourth-order valence-electron chi connectivity index (χ4n) is 3.42. The molecule has 1 heterocycles. The van der Waals surface area contributed by atoms with Crippen molar-refractivity contribution in [1.29, 1.82) is 0 Å². The summed E-state index contributed by atoms with van der Waals surface area (Å²) >= 11 is 0. The lowest BCUT2D eigenvalue weighted by molar-refractivity contribution is -0.121. The van der Waals surface area contributed by atoms with Crippen LogP contribution in [0.1, 0.15) is 38.2 Å². The summed E-state index contributed by atoms with van der Waals surface area (Å²) in [7, 11) is 0. The molecule has 1 aliphatic heterocycles. The SMILES string of the molecule is CCOC1CC(CC(=O)N2CCCc3ccc(N)cc32)C1. The monoisotopic (exact) mass is 288 g/mol. The van der Waals surface area contributed by atoms with Crippen LogP contribution in [0.25, 0.3) is 0 Å². The molecule has 1 aromatic rings. The molecular weight excluding hydrogens is 264 g/mol. The summed E-state index contributed by atoms with van der Waals surface area (Å²) in [4.78, 5) is 14.5. The van der Waals surface area contributed by atoms with Gasteiger partial charge in [0, 0.05) is 30.9 Å². The zero-order valence-electron chi connectivity index (χ0n) is 12.7. The van der Waals surface area contributed by atoms with Crippen LogP contribution in [0.5, 0.6) is 0 Å². The largest absolute Gasteiger partial charge is 0.399 e. The fraction of sp³-hybridized carbons (Fsp3) is 0.588. The Kier molecular flexibility index (Phi) is 4.15. The number of anilines is 2. The highest BCUT2D eigenvalue weighted by molar-refractivity contribution is 5.95. The van der Waals surface area contributed by atoms with Gasteiger partial charge in [-0.25, -0.2) is 0 Å². The van der Waals surface area contributed by atoms with Crippen LogP contribution < -0.4 is 10.6 Å². The summed E-state index contributed by atoms with van der Waals surface area (Å²) in [6.07, 6.45) is 5.13. The predicted molar refractivity (Wildman–Crippen MR) is 84.3 cm³/mol. The molecule has 114 valence electrons. The Balaban J connectivity index is 1.63. The third-order valence-electron chi connectivity index (χ3n) is 4.59. The maximum Gasteiger partial charge on any atom is 0.227 e. The van der Waals surface area contributed by atoms with Gasteiger partial charge >= 0.3 is 0 Å². The van der Waals surface area contributed by atoms with E-state index in [4.69, 9.17) is 10.5 Å². The van der Waals surface area contributed by atoms with E-state index in [0.29, 0.717) is 18.4 Å². The van der Waals surface area contributed by atoms with Crippen molar-refractivity contribution >= 4 is 17.3 Å². The van der Waals surface area contributed by atoms with Crippen LogP contribution in [0, 0.1) is 5.92 Å². The van der Waals surface area contributed by atoms with Crippen molar-refractivity contribution in [3.05, 3.63) is 23.8 Å². The second kappa shape index (κ2) is 6.06. The van der Waals surface area contributed by atoms with Crippen LogP contribution in [-0.2, 0) is 16.0 Å². The quantitative estimate of drug-likeness (QED) is 0.867. The summed E-state index contributed by atoms with van der Waals surface area (Å²) in [6, 6.07) is 5.92. The number of fused-ring (bicyclic) bond motifs is 1. The summed E-state index contributed by atoms with van der Waals surface area (Å²) in [5, 5.41) is 0. The van der Waals surface area contributed by atoms with Gasteiger partial charge in [-0.3, -0.25) is 4.79 Å².